The second kappa shape index (κ2) is 11.3. The Hall–Kier alpha value is -0.530. The van der Waals surface area contributed by atoms with Gasteiger partial charge in [0.2, 0.25) is 5.91 Å². The van der Waals surface area contributed by atoms with E-state index in [4.69, 9.17) is 0 Å². The molecule has 0 saturated carbocycles. The lowest BCUT2D eigenvalue weighted by Crippen LogP contribution is -2.27. The van der Waals surface area contributed by atoms with Crippen LogP contribution in [0.1, 0.15) is 91.9 Å². The monoisotopic (exact) mass is 269 g/mol. The van der Waals surface area contributed by atoms with Crippen LogP contribution in [0.15, 0.2) is 0 Å². The third-order valence-corrected chi connectivity index (χ3v) is 4.12. The molecule has 2 nitrogen and oxygen atoms in total. The molecule has 1 N–H and O–H groups in total. The van der Waals surface area contributed by atoms with Crippen molar-refractivity contribution in [1.82, 2.24) is 5.32 Å². The highest BCUT2D eigenvalue weighted by molar-refractivity contribution is 5.72. The van der Waals surface area contributed by atoms with E-state index in [9.17, 15) is 4.79 Å². The van der Waals surface area contributed by atoms with Crippen molar-refractivity contribution in [1.29, 1.82) is 0 Å². The molecular weight excluding hydrogens is 234 g/mol. The molecule has 0 bridgehead atoms. The topological polar surface area (TPSA) is 29.1 Å². The van der Waals surface area contributed by atoms with Gasteiger partial charge in [0.15, 0.2) is 0 Å². The number of carbonyl (C=O) groups is 1. The zero-order chi connectivity index (χ0) is 14.6. The molecule has 0 spiro atoms. The van der Waals surface area contributed by atoms with E-state index >= 15 is 0 Å². The Morgan fingerprint density at radius 1 is 0.895 bits per heavy atom. The number of rotatable bonds is 12. The maximum Gasteiger partial charge on any atom is 0.216 e. The first-order chi connectivity index (χ1) is 9.04. The molecule has 0 aliphatic carbocycles. The molecule has 0 aromatic carbocycles. The second-order valence-electron chi connectivity index (χ2n) is 6.31. The van der Waals surface area contributed by atoms with E-state index in [2.05, 4.69) is 26.1 Å². The highest BCUT2D eigenvalue weighted by Crippen LogP contribution is 2.34. The first-order valence-electron chi connectivity index (χ1n) is 8.28. The van der Waals surface area contributed by atoms with Crippen LogP contribution in [0, 0.1) is 5.41 Å². The van der Waals surface area contributed by atoms with Gasteiger partial charge in [-0.15, -0.1) is 0 Å². The second-order valence-corrected chi connectivity index (χ2v) is 6.31. The van der Waals surface area contributed by atoms with Crippen molar-refractivity contribution >= 4 is 5.91 Å². The Labute approximate surface area is 120 Å². The van der Waals surface area contributed by atoms with Crippen LogP contribution in [0.5, 0.6) is 0 Å². The van der Waals surface area contributed by atoms with Gasteiger partial charge in [0, 0.05) is 13.5 Å². The fraction of sp³-hybridized carbons (Fsp3) is 0.941. The summed E-state index contributed by atoms with van der Waals surface area (Å²) in [6.45, 7) is 9.38. The lowest BCUT2D eigenvalue weighted by atomic mass is 9.77. The van der Waals surface area contributed by atoms with Crippen molar-refractivity contribution in [3.05, 3.63) is 0 Å². The predicted octanol–water partition coefficient (Wildman–Crippen LogP) is 5.07. The Balaban J connectivity index is 4.06. The molecule has 1 atom stereocenters. The summed E-state index contributed by atoms with van der Waals surface area (Å²) in [5.41, 5.74) is 0.422. The summed E-state index contributed by atoms with van der Waals surface area (Å²) in [4.78, 5) is 11.0. The number of hydrogen-bond donors (Lipinski definition) is 1. The molecule has 114 valence electrons. The Kier molecular flexibility index (Phi) is 11.0. The van der Waals surface area contributed by atoms with Crippen molar-refractivity contribution < 1.29 is 4.79 Å². The van der Waals surface area contributed by atoms with E-state index in [1.165, 1.54) is 57.8 Å². The maximum atomic E-state index is 11.0. The van der Waals surface area contributed by atoms with Gasteiger partial charge in [-0.25, -0.2) is 0 Å². The molecule has 1 unspecified atom stereocenters. The fourth-order valence-corrected chi connectivity index (χ4v) is 2.70. The number of carbonyl (C=O) groups excluding carboxylic acids is 1. The smallest absolute Gasteiger partial charge is 0.216 e. The molecule has 19 heavy (non-hydrogen) atoms. The van der Waals surface area contributed by atoms with E-state index in [0.717, 1.165) is 13.0 Å². The van der Waals surface area contributed by atoms with Crippen LogP contribution in [-0.4, -0.2) is 12.5 Å². The Bertz CT molecular complexity index is 227. The van der Waals surface area contributed by atoms with E-state index < -0.39 is 0 Å². The molecule has 0 aliphatic rings. The van der Waals surface area contributed by atoms with E-state index in [0.29, 0.717) is 5.41 Å². The van der Waals surface area contributed by atoms with Crippen LogP contribution in [0.25, 0.3) is 0 Å². The first kappa shape index (κ1) is 18.5. The molecule has 0 heterocycles. The number of amides is 1. The van der Waals surface area contributed by atoms with E-state index in [1.54, 1.807) is 6.92 Å². The Morgan fingerprint density at radius 2 is 1.42 bits per heavy atom. The summed E-state index contributed by atoms with van der Waals surface area (Å²) in [5, 5.41) is 2.95. The molecule has 2 heteroatoms. The summed E-state index contributed by atoms with van der Waals surface area (Å²) < 4.78 is 0. The SMILES string of the molecule is CCCCCCC(C)(CCCCC)CCNC(C)=O. The van der Waals surface area contributed by atoms with Crippen LogP contribution >= 0.6 is 0 Å². The minimum absolute atomic E-state index is 0.0990. The van der Waals surface area contributed by atoms with Crippen LogP contribution in [-0.2, 0) is 4.79 Å². The fourth-order valence-electron chi connectivity index (χ4n) is 2.70. The standard InChI is InChI=1S/C17H35NO/c1-5-7-9-11-13-17(4,12-10-8-6-2)14-15-18-16(3)19/h5-15H2,1-4H3,(H,18,19). The molecule has 0 aromatic heterocycles. The van der Waals surface area contributed by atoms with Gasteiger partial charge < -0.3 is 5.32 Å². The lowest BCUT2D eigenvalue weighted by Gasteiger charge is -2.30. The largest absolute Gasteiger partial charge is 0.356 e. The molecule has 0 radical (unpaired) electrons. The average Bonchev–Trinajstić information content (AvgIpc) is 2.35. The van der Waals surface area contributed by atoms with Crippen LogP contribution < -0.4 is 5.32 Å². The summed E-state index contributed by atoms with van der Waals surface area (Å²) in [7, 11) is 0. The number of nitrogens with one attached hydrogen (secondary N) is 1. The van der Waals surface area contributed by atoms with E-state index in [1.807, 2.05) is 0 Å². The summed E-state index contributed by atoms with van der Waals surface area (Å²) >= 11 is 0. The van der Waals surface area contributed by atoms with E-state index in [-0.39, 0.29) is 5.91 Å². The van der Waals surface area contributed by atoms with Crippen molar-refractivity contribution in [3.63, 3.8) is 0 Å². The van der Waals surface area contributed by atoms with Gasteiger partial charge in [-0.2, -0.15) is 0 Å². The zero-order valence-electron chi connectivity index (χ0n) is 13.7. The number of hydrogen-bond acceptors (Lipinski definition) is 1. The molecule has 1 amide bonds. The summed E-state index contributed by atoms with van der Waals surface area (Å²) in [6.07, 6.45) is 13.1. The summed E-state index contributed by atoms with van der Waals surface area (Å²) in [5.74, 6) is 0.0990. The maximum absolute atomic E-state index is 11.0. The van der Waals surface area contributed by atoms with Crippen LogP contribution in [0.4, 0.5) is 0 Å². The van der Waals surface area contributed by atoms with Gasteiger partial charge in [0.1, 0.15) is 0 Å². The van der Waals surface area contributed by atoms with Crippen molar-refractivity contribution in [2.45, 2.75) is 91.9 Å². The third kappa shape index (κ3) is 11.0. The van der Waals surface area contributed by atoms with Crippen LogP contribution in [0.2, 0.25) is 0 Å². The average molecular weight is 269 g/mol. The predicted molar refractivity (Wildman–Crippen MR) is 84.3 cm³/mol. The van der Waals surface area contributed by atoms with Crippen molar-refractivity contribution in [3.8, 4) is 0 Å². The first-order valence-corrected chi connectivity index (χ1v) is 8.28. The Morgan fingerprint density at radius 3 is 1.95 bits per heavy atom. The summed E-state index contributed by atoms with van der Waals surface area (Å²) in [6, 6.07) is 0. The zero-order valence-corrected chi connectivity index (χ0v) is 13.7. The number of unbranched alkanes of at least 4 members (excludes halogenated alkanes) is 5. The third-order valence-electron chi connectivity index (χ3n) is 4.12. The van der Waals surface area contributed by atoms with Gasteiger partial charge in [0.05, 0.1) is 0 Å². The normalized spacial score (nSPS) is 14.1. The van der Waals surface area contributed by atoms with Crippen molar-refractivity contribution in [2.75, 3.05) is 6.54 Å². The minimum Gasteiger partial charge on any atom is -0.356 e. The molecule has 0 aliphatic heterocycles. The molecule has 0 aromatic rings. The van der Waals surface area contributed by atoms with Crippen LogP contribution in [0.3, 0.4) is 0 Å². The minimum atomic E-state index is 0.0990. The molecule has 0 fully saturated rings. The van der Waals surface area contributed by atoms with Gasteiger partial charge in [0.25, 0.3) is 0 Å². The lowest BCUT2D eigenvalue weighted by molar-refractivity contribution is -0.119. The molecule has 0 rings (SSSR count). The molecule has 0 saturated heterocycles. The highest BCUT2D eigenvalue weighted by atomic mass is 16.1. The highest BCUT2D eigenvalue weighted by Gasteiger charge is 2.22. The van der Waals surface area contributed by atoms with Gasteiger partial charge >= 0.3 is 0 Å². The quantitative estimate of drug-likeness (QED) is 0.492. The van der Waals surface area contributed by atoms with Gasteiger partial charge in [-0.3, -0.25) is 4.79 Å². The van der Waals surface area contributed by atoms with Crippen molar-refractivity contribution in [2.24, 2.45) is 5.41 Å². The van der Waals surface area contributed by atoms with Gasteiger partial charge in [-0.1, -0.05) is 65.7 Å². The van der Waals surface area contributed by atoms with Gasteiger partial charge in [-0.05, 0) is 24.7 Å². The molecular formula is C17H35NO.